The maximum Gasteiger partial charge on any atom is 0.264 e. The van der Waals surface area contributed by atoms with Gasteiger partial charge in [0.15, 0.2) is 0 Å². The lowest BCUT2D eigenvalue weighted by molar-refractivity contribution is -0.129. The predicted octanol–water partition coefficient (Wildman–Crippen LogP) is 1.82. The fourth-order valence-corrected chi connectivity index (χ4v) is 4.08. The fourth-order valence-electron chi connectivity index (χ4n) is 4.08. The number of hydrogen-bond acceptors (Lipinski definition) is 4. The van der Waals surface area contributed by atoms with Gasteiger partial charge in [-0.2, -0.15) is 5.10 Å². The van der Waals surface area contributed by atoms with E-state index in [-0.39, 0.29) is 22.9 Å². The standard InChI is InChI=1S/C24H27N5O3/c1-18(30)27-14-9-21-20(16-27)17-28(15-19-7-3-2-4-8-19)24(32)22(21)23(31)25-10-5-12-29-13-6-11-26-29/h2-4,6-8,11,13,17H,5,9-10,12,14-16H2,1H3,(H,25,31). The number of nitrogens with zero attached hydrogens (tertiary/aromatic N) is 4. The number of aryl methyl sites for hydroxylation is 1. The summed E-state index contributed by atoms with van der Waals surface area (Å²) in [6.45, 7) is 3.94. The van der Waals surface area contributed by atoms with Crippen molar-refractivity contribution >= 4 is 11.8 Å². The zero-order chi connectivity index (χ0) is 22.5. The van der Waals surface area contributed by atoms with Crippen LogP contribution in [-0.4, -0.2) is 44.2 Å². The van der Waals surface area contributed by atoms with Crippen molar-refractivity contribution in [2.45, 2.75) is 39.4 Å². The normalized spacial score (nSPS) is 13.0. The van der Waals surface area contributed by atoms with Crippen LogP contribution in [0.3, 0.4) is 0 Å². The first-order chi connectivity index (χ1) is 15.5. The quantitative estimate of drug-likeness (QED) is 0.576. The first-order valence-electron chi connectivity index (χ1n) is 10.8. The third-order valence-corrected chi connectivity index (χ3v) is 5.75. The molecule has 3 heterocycles. The number of fused-ring (bicyclic) bond motifs is 1. The van der Waals surface area contributed by atoms with Gasteiger partial charge in [-0.25, -0.2) is 0 Å². The molecule has 1 aliphatic rings. The van der Waals surface area contributed by atoms with Crippen LogP contribution in [-0.2, 0) is 30.8 Å². The van der Waals surface area contributed by atoms with Gasteiger partial charge < -0.3 is 14.8 Å². The van der Waals surface area contributed by atoms with Crippen LogP contribution in [0.4, 0.5) is 0 Å². The lowest BCUT2D eigenvalue weighted by Gasteiger charge is -2.29. The number of aromatic nitrogens is 3. The Balaban J connectivity index is 1.59. The summed E-state index contributed by atoms with van der Waals surface area (Å²) in [6, 6.07) is 11.5. The van der Waals surface area contributed by atoms with Crippen molar-refractivity contribution < 1.29 is 9.59 Å². The highest BCUT2D eigenvalue weighted by Gasteiger charge is 2.27. The van der Waals surface area contributed by atoms with Gasteiger partial charge in [-0.3, -0.25) is 19.1 Å². The number of carbonyl (C=O) groups excluding carboxylic acids is 2. The van der Waals surface area contributed by atoms with Crippen LogP contribution in [0.15, 0.2) is 59.8 Å². The third kappa shape index (κ3) is 4.80. The minimum absolute atomic E-state index is 0.0129. The molecule has 3 aromatic rings. The molecule has 4 rings (SSSR count). The Bertz CT molecular complexity index is 1150. The van der Waals surface area contributed by atoms with Gasteiger partial charge in [0.1, 0.15) is 5.56 Å². The van der Waals surface area contributed by atoms with E-state index in [1.54, 1.807) is 26.5 Å². The van der Waals surface area contributed by atoms with Crippen molar-refractivity contribution in [1.29, 1.82) is 0 Å². The van der Waals surface area contributed by atoms with E-state index in [2.05, 4.69) is 10.4 Å². The molecule has 0 bridgehead atoms. The van der Waals surface area contributed by atoms with Crippen LogP contribution in [0.5, 0.6) is 0 Å². The Labute approximate surface area is 186 Å². The van der Waals surface area contributed by atoms with E-state index < -0.39 is 0 Å². The minimum Gasteiger partial charge on any atom is -0.352 e. The Morgan fingerprint density at radius 2 is 1.97 bits per heavy atom. The molecule has 1 aromatic carbocycles. The molecule has 1 N–H and O–H groups in total. The summed E-state index contributed by atoms with van der Waals surface area (Å²) in [5, 5.41) is 7.06. The maximum atomic E-state index is 13.3. The number of amides is 2. The average Bonchev–Trinajstić information content (AvgIpc) is 3.31. The summed E-state index contributed by atoms with van der Waals surface area (Å²) in [4.78, 5) is 40.1. The molecule has 0 aliphatic carbocycles. The molecule has 0 spiro atoms. The van der Waals surface area contributed by atoms with Gasteiger partial charge in [-0.1, -0.05) is 30.3 Å². The first-order valence-corrected chi connectivity index (χ1v) is 10.8. The zero-order valence-electron chi connectivity index (χ0n) is 18.2. The molecule has 2 aromatic heterocycles. The van der Waals surface area contributed by atoms with E-state index in [9.17, 15) is 14.4 Å². The molecule has 0 atom stereocenters. The zero-order valence-corrected chi connectivity index (χ0v) is 18.2. The molecule has 0 radical (unpaired) electrons. The maximum absolute atomic E-state index is 13.3. The average molecular weight is 434 g/mol. The summed E-state index contributed by atoms with van der Waals surface area (Å²) in [7, 11) is 0. The first kappa shape index (κ1) is 21.5. The molecule has 0 fully saturated rings. The highest BCUT2D eigenvalue weighted by atomic mass is 16.2. The molecule has 2 amide bonds. The predicted molar refractivity (Wildman–Crippen MR) is 120 cm³/mol. The van der Waals surface area contributed by atoms with E-state index in [1.807, 2.05) is 42.6 Å². The molecule has 0 saturated carbocycles. The molecule has 1 aliphatic heterocycles. The molecule has 32 heavy (non-hydrogen) atoms. The SMILES string of the molecule is CC(=O)N1CCc2c(cn(Cc3ccccc3)c(=O)c2C(=O)NCCCn2cccn2)C1. The molecule has 8 heteroatoms. The lowest BCUT2D eigenvalue weighted by atomic mass is 9.95. The number of rotatable bonds is 7. The van der Waals surface area contributed by atoms with Crippen molar-refractivity contribution in [3.63, 3.8) is 0 Å². The second-order valence-corrected chi connectivity index (χ2v) is 8.00. The van der Waals surface area contributed by atoms with Gasteiger partial charge in [0, 0.05) is 51.7 Å². The van der Waals surface area contributed by atoms with Crippen molar-refractivity contribution in [2.75, 3.05) is 13.1 Å². The fraction of sp³-hybridized carbons (Fsp3) is 0.333. The second-order valence-electron chi connectivity index (χ2n) is 8.00. The smallest absolute Gasteiger partial charge is 0.264 e. The second kappa shape index (κ2) is 9.64. The van der Waals surface area contributed by atoms with Crippen molar-refractivity contribution in [2.24, 2.45) is 0 Å². The van der Waals surface area contributed by atoms with Gasteiger partial charge in [0.2, 0.25) is 5.91 Å². The highest BCUT2D eigenvalue weighted by Crippen LogP contribution is 2.21. The van der Waals surface area contributed by atoms with E-state index in [0.29, 0.717) is 45.6 Å². The molecule has 166 valence electrons. The molecular weight excluding hydrogens is 406 g/mol. The summed E-state index contributed by atoms with van der Waals surface area (Å²) >= 11 is 0. The minimum atomic E-state index is -0.356. The van der Waals surface area contributed by atoms with E-state index in [0.717, 1.165) is 16.7 Å². The molecular formula is C24H27N5O3. The van der Waals surface area contributed by atoms with Gasteiger partial charge >= 0.3 is 0 Å². The third-order valence-electron chi connectivity index (χ3n) is 5.75. The van der Waals surface area contributed by atoms with Crippen LogP contribution in [0, 0.1) is 0 Å². The Hall–Kier alpha value is -3.68. The van der Waals surface area contributed by atoms with Crippen molar-refractivity contribution in [1.82, 2.24) is 24.6 Å². The monoisotopic (exact) mass is 433 g/mol. The Kier molecular flexibility index (Phi) is 6.49. The van der Waals surface area contributed by atoms with Crippen LogP contribution >= 0.6 is 0 Å². The molecule has 0 unspecified atom stereocenters. The lowest BCUT2D eigenvalue weighted by Crippen LogP contribution is -2.41. The Morgan fingerprint density at radius 1 is 1.16 bits per heavy atom. The van der Waals surface area contributed by atoms with Gasteiger partial charge in [-0.05, 0) is 35.6 Å². The van der Waals surface area contributed by atoms with Crippen LogP contribution < -0.4 is 10.9 Å². The van der Waals surface area contributed by atoms with Gasteiger partial charge in [0.05, 0.1) is 6.54 Å². The van der Waals surface area contributed by atoms with Crippen LogP contribution in [0.1, 0.15) is 40.4 Å². The summed E-state index contributed by atoms with van der Waals surface area (Å²) in [5.74, 6) is -0.369. The largest absolute Gasteiger partial charge is 0.352 e. The highest BCUT2D eigenvalue weighted by molar-refractivity contribution is 5.95. The van der Waals surface area contributed by atoms with Crippen LogP contribution in [0.2, 0.25) is 0 Å². The van der Waals surface area contributed by atoms with E-state index in [4.69, 9.17) is 0 Å². The van der Waals surface area contributed by atoms with Crippen molar-refractivity contribution in [3.05, 3.63) is 87.6 Å². The van der Waals surface area contributed by atoms with Crippen molar-refractivity contribution in [3.8, 4) is 0 Å². The number of pyridine rings is 1. The van der Waals surface area contributed by atoms with Crippen LogP contribution in [0.25, 0.3) is 0 Å². The van der Waals surface area contributed by atoms with Gasteiger partial charge in [-0.15, -0.1) is 0 Å². The van der Waals surface area contributed by atoms with E-state index in [1.165, 1.54) is 6.92 Å². The molecule has 0 saturated heterocycles. The van der Waals surface area contributed by atoms with E-state index >= 15 is 0 Å². The summed E-state index contributed by atoms with van der Waals surface area (Å²) in [5.41, 5.74) is 2.47. The summed E-state index contributed by atoms with van der Waals surface area (Å²) in [6.07, 6.45) is 6.59. The number of nitrogens with one attached hydrogen (secondary N) is 1. The van der Waals surface area contributed by atoms with Gasteiger partial charge in [0.25, 0.3) is 11.5 Å². The topological polar surface area (TPSA) is 89.2 Å². The number of benzene rings is 1. The summed E-state index contributed by atoms with van der Waals surface area (Å²) < 4.78 is 3.39. The number of hydrogen-bond donors (Lipinski definition) is 1. The molecule has 8 nitrogen and oxygen atoms in total. The Morgan fingerprint density at radius 3 is 2.69 bits per heavy atom. The number of carbonyl (C=O) groups is 2.